The zero-order valence-electron chi connectivity index (χ0n) is 7.35. The predicted octanol–water partition coefficient (Wildman–Crippen LogP) is 0.00360. The first-order valence-electron chi connectivity index (χ1n) is 3.70. The molecule has 0 aliphatic heterocycles. The molecule has 0 spiro atoms. The van der Waals surface area contributed by atoms with E-state index in [2.05, 4.69) is 9.71 Å². The molecule has 6 nitrogen and oxygen atoms in total. The molecule has 1 aromatic rings. The number of nitrogens with one attached hydrogen (secondary N) is 1. The second-order valence-electron chi connectivity index (χ2n) is 2.41. The Hall–Kier alpha value is -1.15. The van der Waals surface area contributed by atoms with Gasteiger partial charge in [-0.1, -0.05) is 0 Å². The maximum absolute atomic E-state index is 11.1. The molecule has 0 aliphatic carbocycles. The molecule has 0 saturated heterocycles. The number of primary amides is 1. The van der Waals surface area contributed by atoms with Crippen LogP contribution < -0.4 is 10.5 Å². The second-order valence-corrected chi connectivity index (χ2v) is 5.28. The average Bonchev–Trinajstić information content (AvgIpc) is 2.52. The zero-order chi connectivity index (χ0) is 10.8. The maximum atomic E-state index is 11.1. The highest BCUT2D eigenvalue weighted by Crippen LogP contribution is 2.16. The van der Waals surface area contributed by atoms with Crippen molar-refractivity contribution >= 4 is 32.4 Å². The summed E-state index contributed by atoms with van der Waals surface area (Å²) in [4.78, 5) is 14.3. The molecule has 0 fully saturated rings. The van der Waals surface area contributed by atoms with Crippen LogP contribution in [0.15, 0.2) is 5.38 Å². The van der Waals surface area contributed by atoms with Gasteiger partial charge in [-0.25, -0.2) is 13.4 Å². The molecule has 0 aromatic carbocycles. The van der Waals surface area contributed by atoms with Gasteiger partial charge < -0.3 is 5.73 Å². The Labute approximate surface area is 85.2 Å². The zero-order valence-corrected chi connectivity index (χ0v) is 8.98. The molecule has 3 N–H and O–H groups in total. The number of nitrogens with zero attached hydrogens (tertiary/aromatic N) is 1. The van der Waals surface area contributed by atoms with E-state index < -0.39 is 15.9 Å². The van der Waals surface area contributed by atoms with Gasteiger partial charge in [0.25, 0.3) is 5.91 Å². The molecular formula is C6H9N3O3S2. The average molecular weight is 235 g/mol. The molecule has 0 bridgehead atoms. The van der Waals surface area contributed by atoms with E-state index in [1.807, 2.05) is 0 Å². The molecule has 1 aromatic heterocycles. The Bertz CT molecular complexity index is 437. The Morgan fingerprint density at radius 3 is 2.79 bits per heavy atom. The van der Waals surface area contributed by atoms with Gasteiger partial charge in [-0.3, -0.25) is 9.52 Å². The number of nitrogens with two attached hydrogens (primary N) is 1. The van der Waals surface area contributed by atoms with E-state index in [0.29, 0.717) is 0 Å². The Morgan fingerprint density at radius 2 is 2.36 bits per heavy atom. The van der Waals surface area contributed by atoms with Crippen LogP contribution in [0.2, 0.25) is 0 Å². The van der Waals surface area contributed by atoms with Crippen LogP contribution in [0.25, 0.3) is 0 Å². The smallest absolute Gasteiger partial charge is 0.268 e. The largest absolute Gasteiger partial charge is 0.364 e. The lowest BCUT2D eigenvalue weighted by Gasteiger charge is -1.99. The van der Waals surface area contributed by atoms with Gasteiger partial charge in [-0.05, 0) is 6.92 Å². The number of rotatable bonds is 4. The third kappa shape index (κ3) is 2.67. The molecular weight excluding hydrogens is 226 g/mol. The predicted molar refractivity (Wildman–Crippen MR) is 53.7 cm³/mol. The molecule has 1 heterocycles. The highest BCUT2D eigenvalue weighted by Gasteiger charge is 2.11. The normalized spacial score (nSPS) is 11.2. The maximum Gasteiger partial charge on any atom is 0.268 e. The Balaban J connectivity index is 2.84. The third-order valence-corrected chi connectivity index (χ3v) is 3.53. The second kappa shape index (κ2) is 3.93. The van der Waals surface area contributed by atoms with Crippen molar-refractivity contribution in [3.05, 3.63) is 11.1 Å². The summed E-state index contributed by atoms with van der Waals surface area (Å²) in [5.41, 5.74) is 5.01. The van der Waals surface area contributed by atoms with E-state index in [9.17, 15) is 13.2 Å². The van der Waals surface area contributed by atoms with Gasteiger partial charge in [0.05, 0.1) is 5.75 Å². The fraction of sp³-hybridized carbons (Fsp3) is 0.333. The topological polar surface area (TPSA) is 102 Å². The highest BCUT2D eigenvalue weighted by atomic mass is 32.2. The molecule has 0 saturated carbocycles. The minimum atomic E-state index is -3.34. The summed E-state index contributed by atoms with van der Waals surface area (Å²) in [7, 11) is -3.34. The first-order valence-corrected chi connectivity index (χ1v) is 6.23. The summed E-state index contributed by atoms with van der Waals surface area (Å²) in [6.07, 6.45) is 0. The monoisotopic (exact) mass is 235 g/mol. The highest BCUT2D eigenvalue weighted by molar-refractivity contribution is 7.92. The van der Waals surface area contributed by atoms with Crippen molar-refractivity contribution in [1.82, 2.24) is 4.98 Å². The quantitative estimate of drug-likeness (QED) is 0.767. The summed E-state index contributed by atoms with van der Waals surface area (Å²) in [5.74, 6) is -0.721. The van der Waals surface area contributed by atoms with Gasteiger partial charge in [-0.15, -0.1) is 11.3 Å². The van der Waals surface area contributed by atoms with Crippen LogP contribution in [0.1, 0.15) is 17.4 Å². The van der Waals surface area contributed by atoms with Crippen LogP contribution in [0.4, 0.5) is 5.13 Å². The lowest BCUT2D eigenvalue weighted by atomic mass is 10.5. The van der Waals surface area contributed by atoms with Crippen molar-refractivity contribution in [3.8, 4) is 0 Å². The van der Waals surface area contributed by atoms with Crippen LogP contribution >= 0.6 is 11.3 Å². The summed E-state index contributed by atoms with van der Waals surface area (Å²) < 4.78 is 24.4. The van der Waals surface area contributed by atoms with Crippen LogP contribution in [-0.4, -0.2) is 25.1 Å². The molecule has 0 radical (unpaired) electrons. The SMILES string of the molecule is CCS(=O)(=O)Nc1nc(C(N)=O)cs1. The Kier molecular flexibility index (Phi) is 3.06. The van der Waals surface area contributed by atoms with Crippen molar-refractivity contribution < 1.29 is 13.2 Å². The fourth-order valence-corrected chi connectivity index (χ4v) is 2.21. The number of aromatic nitrogens is 1. The molecule has 78 valence electrons. The van der Waals surface area contributed by atoms with Crippen LogP contribution in [-0.2, 0) is 10.0 Å². The number of anilines is 1. The fourth-order valence-electron chi connectivity index (χ4n) is 0.639. The van der Waals surface area contributed by atoms with E-state index in [-0.39, 0.29) is 16.6 Å². The summed E-state index contributed by atoms with van der Waals surface area (Å²) >= 11 is 1.02. The Morgan fingerprint density at radius 1 is 1.71 bits per heavy atom. The van der Waals surface area contributed by atoms with Crippen molar-refractivity contribution in [2.45, 2.75) is 6.92 Å². The van der Waals surface area contributed by atoms with E-state index in [1.54, 1.807) is 0 Å². The number of carbonyl (C=O) groups excluding carboxylic acids is 1. The minimum absolute atomic E-state index is 0.0432. The molecule has 8 heteroatoms. The van der Waals surface area contributed by atoms with Gasteiger partial charge in [0.15, 0.2) is 5.13 Å². The van der Waals surface area contributed by atoms with Gasteiger partial charge >= 0.3 is 0 Å². The molecule has 14 heavy (non-hydrogen) atoms. The van der Waals surface area contributed by atoms with E-state index >= 15 is 0 Å². The van der Waals surface area contributed by atoms with Crippen LogP contribution in [0.3, 0.4) is 0 Å². The molecule has 1 rings (SSSR count). The first-order chi connectivity index (χ1) is 6.44. The number of amides is 1. The van der Waals surface area contributed by atoms with Crippen molar-refractivity contribution in [1.29, 1.82) is 0 Å². The van der Waals surface area contributed by atoms with Gasteiger partial charge in [-0.2, -0.15) is 0 Å². The summed E-state index contributed by atoms with van der Waals surface area (Å²) in [6.45, 7) is 1.50. The number of thiazole rings is 1. The van der Waals surface area contributed by atoms with Crippen LogP contribution in [0, 0.1) is 0 Å². The van der Waals surface area contributed by atoms with Gasteiger partial charge in [0.1, 0.15) is 5.69 Å². The number of hydrogen-bond acceptors (Lipinski definition) is 5. The van der Waals surface area contributed by atoms with Crippen molar-refractivity contribution in [2.75, 3.05) is 10.5 Å². The van der Waals surface area contributed by atoms with E-state index in [0.717, 1.165) is 11.3 Å². The van der Waals surface area contributed by atoms with Crippen molar-refractivity contribution in [3.63, 3.8) is 0 Å². The summed E-state index contributed by atoms with van der Waals surface area (Å²) in [6, 6.07) is 0. The lowest BCUT2D eigenvalue weighted by molar-refractivity contribution is 0.0996. The van der Waals surface area contributed by atoms with Crippen molar-refractivity contribution in [2.24, 2.45) is 5.73 Å². The van der Waals surface area contributed by atoms with E-state index in [1.165, 1.54) is 12.3 Å². The first kappa shape index (κ1) is 10.9. The summed E-state index contributed by atoms with van der Waals surface area (Å²) in [5, 5.41) is 1.55. The van der Waals surface area contributed by atoms with Crippen LogP contribution in [0.5, 0.6) is 0 Å². The van der Waals surface area contributed by atoms with E-state index in [4.69, 9.17) is 5.73 Å². The van der Waals surface area contributed by atoms with Gasteiger partial charge in [0, 0.05) is 5.38 Å². The molecule has 0 atom stereocenters. The number of sulfonamides is 1. The standard InChI is InChI=1S/C6H9N3O3S2/c1-2-14(11,12)9-6-8-4(3-13-6)5(7)10/h3H,2H2,1H3,(H2,7,10)(H,8,9). The number of carbonyl (C=O) groups is 1. The molecule has 1 amide bonds. The molecule has 0 aliphatic rings. The molecule has 0 unspecified atom stereocenters. The number of hydrogen-bond donors (Lipinski definition) is 2. The lowest BCUT2D eigenvalue weighted by Crippen LogP contribution is -2.15. The van der Waals surface area contributed by atoms with Gasteiger partial charge in [0.2, 0.25) is 10.0 Å². The minimum Gasteiger partial charge on any atom is -0.364 e. The third-order valence-electron chi connectivity index (χ3n) is 1.38.